The van der Waals surface area contributed by atoms with Gasteiger partial charge in [-0.3, -0.25) is 4.79 Å². The Hall–Kier alpha value is -1.60. The molecule has 0 bridgehead atoms. The number of ether oxygens (including phenoxy) is 1. The van der Waals surface area contributed by atoms with Crippen molar-refractivity contribution < 1.29 is 19.4 Å². The number of benzene rings is 1. The van der Waals surface area contributed by atoms with Gasteiger partial charge in [0, 0.05) is 30.7 Å². The largest absolute Gasteiger partial charge is 0.483 e. The molecule has 21 heavy (non-hydrogen) atoms. The highest BCUT2D eigenvalue weighted by Crippen LogP contribution is 2.24. The van der Waals surface area contributed by atoms with Gasteiger partial charge in [0.15, 0.2) is 6.61 Å². The third-order valence-corrected chi connectivity index (χ3v) is 3.87. The minimum absolute atomic E-state index is 0.0457. The fourth-order valence-electron chi connectivity index (χ4n) is 2.08. The Bertz CT molecular complexity index is 542. The zero-order valence-electron chi connectivity index (χ0n) is 11.7. The number of carboxylic acid groups (broad SMARTS) is 1. The summed E-state index contributed by atoms with van der Waals surface area (Å²) < 4.78 is 6.11. The maximum Gasteiger partial charge on any atom is 0.339 e. The van der Waals surface area contributed by atoms with Gasteiger partial charge < -0.3 is 19.6 Å². The molecule has 0 aliphatic carbocycles. The van der Waals surface area contributed by atoms with Crippen molar-refractivity contribution in [3.8, 4) is 5.75 Å². The number of hydrogen-bond donors (Lipinski definition) is 1. The van der Waals surface area contributed by atoms with Crippen molar-refractivity contribution in [1.82, 2.24) is 9.80 Å². The van der Waals surface area contributed by atoms with Crippen LogP contribution >= 0.6 is 15.9 Å². The van der Waals surface area contributed by atoms with Crippen LogP contribution in [0, 0.1) is 0 Å². The molecular formula is C14H17BrN2O4. The highest BCUT2D eigenvalue weighted by molar-refractivity contribution is 9.10. The summed E-state index contributed by atoms with van der Waals surface area (Å²) in [5.74, 6) is -1.01. The summed E-state index contributed by atoms with van der Waals surface area (Å²) in [6, 6.07) is 4.63. The Labute approximate surface area is 131 Å². The molecule has 0 aromatic heterocycles. The Morgan fingerprint density at radius 2 is 1.95 bits per heavy atom. The Balaban J connectivity index is 1.98. The molecule has 1 heterocycles. The van der Waals surface area contributed by atoms with Gasteiger partial charge in [0.2, 0.25) is 0 Å². The molecule has 1 saturated heterocycles. The van der Waals surface area contributed by atoms with Gasteiger partial charge in [0.1, 0.15) is 11.3 Å². The van der Waals surface area contributed by atoms with E-state index in [0.29, 0.717) is 17.6 Å². The van der Waals surface area contributed by atoms with E-state index in [-0.39, 0.29) is 23.8 Å². The molecule has 7 heteroatoms. The maximum atomic E-state index is 12.1. The van der Waals surface area contributed by atoms with E-state index in [2.05, 4.69) is 20.8 Å². The number of carboxylic acids is 1. The third kappa shape index (κ3) is 4.18. The normalized spacial score (nSPS) is 15.8. The summed E-state index contributed by atoms with van der Waals surface area (Å²) in [6.45, 7) is 2.86. The molecule has 114 valence electrons. The van der Waals surface area contributed by atoms with E-state index < -0.39 is 5.97 Å². The summed E-state index contributed by atoms with van der Waals surface area (Å²) in [5, 5.41) is 9.10. The number of rotatable bonds is 4. The van der Waals surface area contributed by atoms with Crippen molar-refractivity contribution in [3.63, 3.8) is 0 Å². The monoisotopic (exact) mass is 356 g/mol. The molecule has 1 aliphatic heterocycles. The lowest BCUT2D eigenvalue weighted by Gasteiger charge is -2.32. The first-order valence-corrected chi connectivity index (χ1v) is 7.38. The quantitative estimate of drug-likeness (QED) is 0.880. The third-order valence-electron chi connectivity index (χ3n) is 3.38. The Kier molecular flexibility index (Phi) is 5.19. The number of carbonyl (C=O) groups is 2. The van der Waals surface area contributed by atoms with Crippen molar-refractivity contribution in [2.45, 2.75) is 0 Å². The van der Waals surface area contributed by atoms with Gasteiger partial charge in [-0.1, -0.05) is 15.9 Å². The average Bonchev–Trinajstić information content (AvgIpc) is 2.45. The van der Waals surface area contributed by atoms with E-state index in [1.165, 1.54) is 6.07 Å². The zero-order valence-corrected chi connectivity index (χ0v) is 13.3. The summed E-state index contributed by atoms with van der Waals surface area (Å²) in [7, 11) is 2.01. The second-order valence-electron chi connectivity index (χ2n) is 4.92. The van der Waals surface area contributed by atoms with Gasteiger partial charge in [-0.15, -0.1) is 0 Å². The van der Waals surface area contributed by atoms with Crippen LogP contribution in [0.4, 0.5) is 0 Å². The molecule has 0 radical (unpaired) electrons. The second-order valence-corrected chi connectivity index (χ2v) is 5.83. The molecule has 0 atom stereocenters. The van der Waals surface area contributed by atoms with Crippen LogP contribution in [0.5, 0.6) is 5.75 Å². The van der Waals surface area contributed by atoms with Crippen LogP contribution in [0.1, 0.15) is 10.4 Å². The molecule has 1 fully saturated rings. The molecule has 0 spiro atoms. The lowest BCUT2D eigenvalue weighted by molar-refractivity contribution is -0.134. The van der Waals surface area contributed by atoms with Crippen molar-refractivity contribution >= 4 is 27.8 Å². The van der Waals surface area contributed by atoms with Crippen molar-refractivity contribution in [2.24, 2.45) is 0 Å². The first-order valence-electron chi connectivity index (χ1n) is 6.59. The SMILES string of the molecule is CN1CCN(C(=O)COc2cc(Br)ccc2C(=O)O)CC1. The molecule has 0 saturated carbocycles. The molecule has 1 N–H and O–H groups in total. The van der Waals surface area contributed by atoms with E-state index in [1.807, 2.05) is 7.05 Å². The van der Waals surface area contributed by atoms with Crippen LogP contribution in [0.25, 0.3) is 0 Å². The number of carbonyl (C=O) groups excluding carboxylic acids is 1. The maximum absolute atomic E-state index is 12.1. The van der Waals surface area contributed by atoms with E-state index in [9.17, 15) is 9.59 Å². The number of likely N-dealkylation sites (N-methyl/N-ethyl adjacent to an activating group) is 1. The van der Waals surface area contributed by atoms with E-state index >= 15 is 0 Å². The van der Waals surface area contributed by atoms with E-state index in [0.717, 1.165) is 13.1 Å². The molecule has 2 rings (SSSR count). The van der Waals surface area contributed by atoms with Gasteiger partial charge >= 0.3 is 5.97 Å². The summed E-state index contributed by atoms with van der Waals surface area (Å²) in [4.78, 5) is 27.1. The van der Waals surface area contributed by atoms with Crippen molar-refractivity contribution in [1.29, 1.82) is 0 Å². The summed E-state index contributed by atoms with van der Waals surface area (Å²) >= 11 is 3.26. The Morgan fingerprint density at radius 1 is 1.29 bits per heavy atom. The lowest BCUT2D eigenvalue weighted by atomic mass is 10.2. The predicted molar refractivity (Wildman–Crippen MR) is 80.7 cm³/mol. The van der Waals surface area contributed by atoms with E-state index in [4.69, 9.17) is 9.84 Å². The lowest BCUT2D eigenvalue weighted by Crippen LogP contribution is -2.48. The standard InChI is InChI=1S/C14H17BrN2O4/c1-16-4-6-17(7-5-16)13(18)9-21-12-8-10(15)2-3-11(12)14(19)20/h2-3,8H,4-7,9H2,1H3,(H,19,20). The van der Waals surface area contributed by atoms with Crippen LogP contribution in [0.15, 0.2) is 22.7 Å². The number of nitrogens with zero attached hydrogens (tertiary/aromatic N) is 2. The van der Waals surface area contributed by atoms with Gasteiger partial charge in [-0.25, -0.2) is 4.79 Å². The Morgan fingerprint density at radius 3 is 2.57 bits per heavy atom. The first kappa shape index (κ1) is 15.8. The number of piperazine rings is 1. The minimum atomic E-state index is -1.08. The molecular weight excluding hydrogens is 340 g/mol. The topological polar surface area (TPSA) is 70.1 Å². The zero-order chi connectivity index (χ0) is 15.4. The number of halogens is 1. The van der Waals surface area contributed by atoms with Gasteiger partial charge in [-0.05, 0) is 25.2 Å². The van der Waals surface area contributed by atoms with Gasteiger partial charge in [0.05, 0.1) is 0 Å². The number of amides is 1. The molecule has 1 aromatic carbocycles. The van der Waals surface area contributed by atoms with Crippen molar-refractivity contribution in [2.75, 3.05) is 39.8 Å². The minimum Gasteiger partial charge on any atom is -0.483 e. The van der Waals surface area contributed by atoms with Crippen LogP contribution in [-0.4, -0.2) is 66.6 Å². The van der Waals surface area contributed by atoms with Crippen LogP contribution in [0.3, 0.4) is 0 Å². The predicted octanol–water partition coefficient (Wildman–Crippen LogP) is 1.30. The first-order chi connectivity index (χ1) is 9.97. The van der Waals surface area contributed by atoms with Crippen LogP contribution in [0.2, 0.25) is 0 Å². The highest BCUT2D eigenvalue weighted by atomic mass is 79.9. The molecule has 1 amide bonds. The van der Waals surface area contributed by atoms with Crippen LogP contribution < -0.4 is 4.74 Å². The fourth-order valence-corrected chi connectivity index (χ4v) is 2.42. The summed E-state index contributed by atoms with van der Waals surface area (Å²) in [6.07, 6.45) is 0. The summed E-state index contributed by atoms with van der Waals surface area (Å²) in [5.41, 5.74) is 0.0457. The molecule has 1 aliphatic rings. The smallest absolute Gasteiger partial charge is 0.339 e. The van der Waals surface area contributed by atoms with E-state index in [1.54, 1.807) is 17.0 Å². The highest BCUT2D eigenvalue weighted by Gasteiger charge is 2.20. The van der Waals surface area contributed by atoms with Crippen molar-refractivity contribution in [3.05, 3.63) is 28.2 Å². The second kappa shape index (κ2) is 6.91. The molecule has 6 nitrogen and oxygen atoms in total. The fraction of sp³-hybridized carbons (Fsp3) is 0.429. The molecule has 1 aromatic rings. The van der Waals surface area contributed by atoms with Crippen LogP contribution in [-0.2, 0) is 4.79 Å². The number of hydrogen-bond acceptors (Lipinski definition) is 4. The molecule has 0 unspecified atom stereocenters. The average molecular weight is 357 g/mol. The number of aromatic carboxylic acids is 1. The van der Waals surface area contributed by atoms with Gasteiger partial charge in [0.25, 0.3) is 5.91 Å². The van der Waals surface area contributed by atoms with Gasteiger partial charge in [-0.2, -0.15) is 0 Å².